The van der Waals surface area contributed by atoms with Crippen molar-refractivity contribution in [2.75, 3.05) is 0 Å². The van der Waals surface area contributed by atoms with Crippen LogP contribution in [0.3, 0.4) is 0 Å². The highest BCUT2D eigenvalue weighted by molar-refractivity contribution is 6.58. The molecule has 7 heteroatoms. The number of hydrogen-bond acceptors (Lipinski definition) is 3. The number of ketones is 1. The average Bonchev–Trinajstić information content (AvgIpc) is 2.24. The first-order valence-corrected chi connectivity index (χ1v) is 5.56. The molecule has 0 saturated carbocycles. The Morgan fingerprint density at radius 2 is 1.68 bits per heavy atom. The van der Waals surface area contributed by atoms with E-state index >= 15 is 0 Å². The van der Waals surface area contributed by atoms with Crippen LogP contribution in [0.15, 0.2) is 18.2 Å². The first kappa shape index (κ1) is 15.7. The molecule has 0 aliphatic rings. The van der Waals surface area contributed by atoms with Crippen molar-refractivity contribution in [2.45, 2.75) is 26.9 Å². The first-order chi connectivity index (χ1) is 8.44. The van der Waals surface area contributed by atoms with Crippen LogP contribution in [0.4, 0.5) is 13.2 Å². The van der Waals surface area contributed by atoms with Gasteiger partial charge in [-0.2, -0.15) is 13.2 Å². The summed E-state index contributed by atoms with van der Waals surface area (Å²) in [5.41, 5.74) is -2.89. The lowest BCUT2D eigenvalue weighted by atomic mass is 9.77. The van der Waals surface area contributed by atoms with Crippen LogP contribution in [-0.2, 0) is 6.18 Å². The number of rotatable bonds is 2. The standard InChI is InChI=1S/C12H14BF3O3/c1-11(2,3)10(17)8-5-4-7(13(18)19)6-9(8)12(14,15)16/h4-6,18-19H,1-3H3. The van der Waals surface area contributed by atoms with E-state index in [4.69, 9.17) is 10.0 Å². The van der Waals surface area contributed by atoms with Gasteiger partial charge in [0.1, 0.15) is 0 Å². The molecule has 104 valence electrons. The molecule has 0 fully saturated rings. The van der Waals surface area contributed by atoms with Crippen LogP contribution in [-0.4, -0.2) is 22.9 Å². The Labute approximate surface area is 109 Å². The fourth-order valence-corrected chi connectivity index (χ4v) is 1.56. The van der Waals surface area contributed by atoms with Crippen molar-refractivity contribution in [1.82, 2.24) is 0 Å². The Kier molecular flexibility index (Phi) is 4.12. The van der Waals surface area contributed by atoms with E-state index < -0.39 is 35.6 Å². The van der Waals surface area contributed by atoms with Gasteiger partial charge in [-0.15, -0.1) is 0 Å². The number of benzene rings is 1. The molecule has 0 bridgehead atoms. The van der Waals surface area contributed by atoms with E-state index in [9.17, 15) is 18.0 Å². The molecule has 0 aromatic heterocycles. The van der Waals surface area contributed by atoms with Crippen LogP contribution in [0.2, 0.25) is 0 Å². The third kappa shape index (κ3) is 3.57. The smallest absolute Gasteiger partial charge is 0.423 e. The predicted octanol–water partition coefficient (Wildman–Crippen LogP) is 1.61. The zero-order chi connectivity index (χ0) is 15.0. The first-order valence-electron chi connectivity index (χ1n) is 5.56. The minimum Gasteiger partial charge on any atom is -0.423 e. The second-order valence-corrected chi connectivity index (χ2v) is 5.26. The highest BCUT2D eigenvalue weighted by Gasteiger charge is 2.38. The minimum atomic E-state index is -4.73. The zero-order valence-corrected chi connectivity index (χ0v) is 10.7. The Bertz CT molecular complexity index is 490. The fourth-order valence-electron chi connectivity index (χ4n) is 1.56. The van der Waals surface area contributed by atoms with Crippen LogP contribution in [0.5, 0.6) is 0 Å². The maximum Gasteiger partial charge on any atom is 0.488 e. The number of alkyl halides is 3. The van der Waals surface area contributed by atoms with E-state index in [2.05, 4.69) is 0 Å². The number of halogens is 3. The summed E-state index contributed by atoms with van der Waals surface area (Å²) < 4.78 is 38.8. The van der Waals surface area contributed by atoms with Crippen LogP contribution >= 0.6 is 0 Å². The molecule has 0 unspecified atom stereocenters. The van der Waals surface area contributed by atoms with Crippen molar-refractivity contribution >= 4 is 18.4 Å². The molecule has 2 N–H and O–H groups in total. The van der Waals surface area contributed by atoms with Crippen molar-refractivity contribution < 1.29 is 28.0 Å². The highest BCUT2D eigenvalue weighted by atomic mass is 19.4. The SMILES string of the molecule is CC(C)(C)C(=O)c1ccc(B(O)O)cc1C(F)(F)F. The van der Waals surface area contributed by atoms with Gasteiger partial charge in [-0.25, -0.2) is 0 Å². The van der Waals surface area contributed by atoms with Crippen LogP contribution in [0.25, 0.3) is 0 Å². The van der Waals surface area contributed by atoms with E-state index in [0.717, 1.165) is 12.1 Å². The summed E-state index contributed by atoms with van der Waals surface area (Å²) in [7, 11) is -2.01. The molecule has 0 heterocycles. The fraction of sp³-hybridized carbons (Fsp3) is 0.417. The molecule has 0 aliphatic carbocycles. The van der Waals surface area contributed by atoms with Crippen LogP contribution in [0.1, 0.15) is 36.7 Å². The number of hydrogen-bond donors (Lipinski definition) is 2. The normalized spacial score (nSPS) is 12.4. The van der Waals surface area contributed by atoms with Crippen LogP contribution in [0, 0.1) is 5.41 Å². The third-order valence-corrected chi connectivity index (χ3v) is 2.57. The lowest BCUT2D eigenvalue weighted by Crippen LogP contribution is -2.32. The summed E-state index contributed by atoms with van der Waals surface area (Å²) in [4.78, 5) is 12.0. The van der Waals surface area contributed by atoms with Gasteiger partial charge in [-0.05, 0) is 11.5 Å². The Hall–Kier alpha value is -1.34. The van der Waals surface area contributed by atoms with E-state index in [0.29, 0.717) is 6.07 Å². The summed E-state index contributed by atoms with van der Waals surface area (Å²) >= 11 is 0. The van der Waals surface area contributed by atoms with Crippen molar-refractivity contribution in [3.8, 4) is 0 Å². The van der Waals surface area contributed by atoms with Crippen molar-refractivity contribution in [3.05, 3.63) is 29.3 Å². The summed E-state index contributed by atoms with van der Waals surface area (Å²) in [5, 5.41) is 17.8. The molecule has 1 aromatic rings. The van der Waals surface area contributed by atoms with Gasteiger partial charge in [0.15, 0.2) is 5.78 Å². The Morgan fingerprint density at radius 1 is 1.16 bits per heavy atom. The average molecular weight is 274 g/mol. The van der Waals surface area contributed by atoms with Gasteiger partial charge in [0.05, 0.1) is 5.56 Å². The van der Waals surface area contributed by atoms with Crippen molar-refractivity contribution in [1.29, 1.82) is 0 Å². The van der Waals surface area contributed by atoms with Gasteiger partial charge in [0.2, 0.25) is 0 Å². The summed E-state index contributed by atoms with van der Waals surface area (Å²) in [6.07, 6.45) is -4.73. The van der Waals surface area contributed by atoms with Gasteiger partial charge in [-0.3, -0.25) is 4.79 Å². The minimum absolute atomic E-state index is 0.308. The van der Waals surface area contributed by atoms with E-state index in [-0.39, 0.29) is 5.46 Å². The summed E-state index contributed by atoms with van der Waals surface area (Å²) in [5.74, 6) is -0.654. The molecule has 19 heavy (non-hydrogen) atoms. The lowest BCUT2D eigenvalue weighted by Gasteiger charge is -2.20. The summed E-state index contributed by atoms with van der Waals surface area (Å²) in [6, 6.07) is 2.66. The molecular weight excluding hydrogens is 260 g/mol. The van der Waals surface area contributed by atoms with E-state index in [1.807, 2.05) is 0 Å². The Balaban J connectivity index is 3.45. The number of carbonyl (C=O) groups excluding carboxylic acids is 1. The second kappa shape index (κ2) is 4.98. The maximum atomic E-state index is 12.9. The second-order valence-electron chi connectivity index (χ2n) is 5.26. The lowest BCUT2D eigenvalue weighted by molar-refractivity contribution is -0.137. The molecule has 0 radical (unpaired) electrons. The topological polar surface area (TPSA) is 57.5 Å². The quantitative estimate of drug-likeness (QED) is 0.636. The predicted molar refractivity (Wildman–Crippen MR) is 65.1 cm³/mol. The molecule has 1 aromatic carbocycles. The van der Waals surface area contributed by atoms with Crippen molar-refractivity contribution in [2.24, 2.45) is 5.41 Å². The van der Waals surface area contributed by atoms with Gasteiger partial charge in [-0.1, -0.05) is 32.9 Å². The number of carbonyl (C=O) groups is 1. The monoisotopic (exact) mass is 274 g/mol. The molecule has 0 atom stereocenters. The van der Waals surface area contributed by atoms with Crippen LogP contribution < -0.4 is 5.46 Å². The number of Topliss-reactive ketones (excluding diaryl/α,β-unsaturated/α-hetero) is 1. The molecule has 3 nitrogen and oxygen atoms in total. The highest BCUT2D eigenvalue weighted by Crippen LogP contribution is 2.34. The molecule has 0 amide bonds. The molecule has 0 spiro atoms. The van der Waals surface area contributed by atoms with Gasteiger partial charge in [0.25, 0.3) is 0 Å². The molecular formula is C12H14BF3O3. The molecule has 1 rings (SSSR count). The third-order valence-electron chi connectivity index (χ3n) is 2.57. The van der Waals surface area contributed by atoms with E-state index in [1.54, 1.807) is 0 Å². The zero-order valence-electron chi connectivity index (χ0n) is 10.7. The van der Waals surface area contributed by atoms with Crippen molar-refractivity contribution in [3.63, 3.8) is 0 Å². The largest absolute Gasteiger partial charge is 0.488 e. The Morgan fingerprint density at radius 3 is 2.05 bits per heavy atom. The van der Waals surface area contributed by atoms with Gasteiger partial charge >= 0.3 is 13.3 Å². The maximum absolute atomic E-state index is 12.9. The molecule has 0 aliphatic heterocycles. The van der Waals surface area contributed by atoms with Gasteiger partial charge in [0, 0.05) is 11.0 Å². The summed E-state index contributed by atoms with van der Waals surface area (Å²) in [6.45, 7) is 4.55. The van der Waals surface area contributed by atoms with Gasteiger partial charge < -0.3 is 10.0 Å². The molecule has 0 saturated heterocycles. The van der Waals surface area contributed by atoms with E-state index in [1.165, 1.54) is 20.8 Å².